The van der Waals surface area contributed by atoms with E-state index in [9.17, 15) is 18.0 Å². The lowest BCUT2D eigenvalue weighted by Crippen LogP contribution is -2.29. The second-order valence-electron chi connectivity index (χ2n) is 4.09. The molecule has 0 aliphatic rings. The van der Waals surface area contributed by atoms with Gasteiger partial charge in [0.25, 0.3) is 5.91 Å². The van der Waals surface area contributed by atoms with Crippen molar-refractivity contribution in [3.05, 3.63) is 28.5 Å². The molecule has 106 valence electrons. The van der Waals surface area contributed by atoms with Crippen LogP contribution in [0.5, 0.6) is 0 Å². The molecule has 4 nitrogen and oxygen atoms in total. The van der Waals surface area contributed by atoms with Crippen molar-refractivity contribution in [1.82, 2.24) is 10.5 Å². The van der Waals surface area contributed by atoms with E-state index in [0.717, 1.165) is 0 Å². The quantitative estimate of drug-likeness (QED) is 0.686. The molecule has 19 heavy (non-hydrogen) atoms. The van der Waals surface area contributed by atoms with Gasteiger partial charge in [-0.05, 0) is 18.1 Å². The van der Waals surface area contributed by atoms with Gasteiger partial charge in [0.2, 0.25) is 0 Å². The smallest absolute Gasteiger partial charge is 0.267 e. The predicted molar refractivity (Wildman–Crippen MR) is 62.8 cm³/mol. The third-order valence-electron chi connectivity index (χ3n) is 2.07. The highest BCUT2D eigenvalue weighted by molar-refractivity contribution is 6.29. The van der Waals surface area contributed by atoms with Crippen LogP contribution in [0.2, 0.25) is 5.15 Å². The molecule has 0 spiro atoms. The van der Waals surface area contributed by atoms with Gasteiger partial charge in [0, 0.05) is 11.3 Å². The number of halogens is 4. The molecular weight excluding hydrogens is 285 g/mol. The Balaban J connectivity index is 2.72. The number of alkyl halides is 3. The van der Waals surface area contributed by atoms with Crippen molar-refractivity contribution in [2.75, 3.05) is 6.61 Å². The first-order chi connectivity index (χ1) is 8.69. The highest BCUT2D eigenvalue weighted by atomic mass is 35.5. The number of pyridine rings is 1. The number of amides is 1. The van der Waals surface area contributed by atoms with Crippen LogP contribution in [0.3, 0.4) is 0 Å². The molecule has 0 aliphatic carbocycles. The molecular formula is C11H12ClF3N2O2. The number of nitrogens with one attached hydrogen (secondary N) is 1. The Bertz CT molecular complexity index is 464. The normalized spacial score (nSPS) is 11.7. The Morgan fingerprint density at radius 2 is 2.11 bits per heavy atom. The first-order valence-electron chi connectivity index (χ1n) is 5.35. The van der Waals surface area contributed by atoms with Crippen LogP contribution in [-0.4, -0.2) is 23.7 Å². The number of carbonyl (C=O) groups is 1. The van der Waals surface area contributed by atoms with Crippen LogP contribution in [0.25, 0.3) is 0 Å². The van der Waals surface area contributed by atoms with Crippen molar-refractivity contribution in [3.8, 4) is 0 Å². The summed E-state index contributed by atoms with van der Waals surface area (Å²) in [5.74, 6) is -0.781. The molecule has 1 heterocycles. The summed E-state index contributed by atoms with van der Waals surface area (Å²) in [5.41, 5.74) is 2.36. The Labute approximate surface area is 112 Å². The lowest BCUT2D eigenvalue weighted by molar-refractivity contribution is -0.184. The zero-order valence-corrected chi connectivity index (χ0v) is 11.0. The highest BCUT2D eigenvalue weighted by Gasteiger charge is 2.28. The molecule has 0 atom stereocenters. The SMILES string of the molecule is CC(C)c1cc(C(=O)NOCC(F)(F)F)cc(Cl)n1. The zero-order chi connectivity index (χ0) is 14.6. The lowest BCUT2D eigenvalue weighted by atomic mass is 10.1. The number of aromatic nitrogens is 1. The molecule has 0 saturated heterocycles. The molecule has 0 bridgehead atoms. The van der Waals surface area contributed by atoms with E-state index in [2.05, 4.69) is 9.82 Å². The van der Waals surface area contributed by atoms with E-state index >= 15 is 0 Å². The Morgan fingerprint density at radius 3 is 2.63 bits per heavy atom. The van der Waals surface area contributed by atoms with Crippen LogP contribution < -0.4 is 5.48 Å². The standard InChI is InChI=1S/C11H12ClF3N2O2/c1-6(2)8-3-7(4-9(12)16-8)10(18)17-19-5-11(13,14)15/h3-4,6H,5H2,1-2H3,(H,17,18). The van der Waals surface area contributed by atoms with Crippen LogP contribution in [0.1, 0.15) is 35.8 Å². The molecule has 0 unspecified atom stereocenters. The third-order valence-corrected chi connectivity index (χ3v) is 2.26. The lowest BCUT2D eigenvalue weighted by Gasteiger charge is -2.10. The number of rotatable bonds is 4. The number of nitrogens with zero attached hydrogens (tertiary/aromatic N) is 1. The van der Waals surface area contributed by atoms with Crippen molar-refractivity contribution in [2.24, 2.45) is 0 Å². The van der Waals surface area contributed by atoms with Gasteiger partial charge in [0.1, 0.15) is 5.15 Å². The second-order valence-corrected chi connectivity index (χ2v) is 4.48. The summed E-state index contributed by atoms with van der Waals surface area (Å²) >= 11 is 5.73. The van der Waals surface area contributed by atoms with E-state index in [1.54, 1.807) is 5.48 Å². The van der Waals surface area contributed by atoms with Gasteiger partial charge in [-0.25, -0.2) is 10.5 Å². The maximum Gasteiger partial charge on any atom is 0.414 e. The van der Waals surface area contributed by atoms with Crippen molar-refractivity contribution in [3.63, 3.8) is 0 Å². The summed E-state index contributed by atoms with van der Waals surface area (Å²) in [4.78, 5) is 19.6. The maximum absolute atomic E-state index is 11.8. The average Bonchev–Trinajstić information content (AvgIpc) is 2.26. The fourth-order valence-corrected chi connectivity index (χ4v) is 1.40. The van der Waals surface area contributed by atoms with Gasteiger partial charge >= 0.3 is 6.18 Å². The first-order valence-corrected chi connectivity index (χ1v) is 5.73. The molecule has 0 saturated carbocycles. The van der Waals surface area contributed by atoms with Crippen molar-refractivity contribution >= 4 is 17.5 Å². The van der Waals surface area contributed by atoms with Crippen LogP contribution in [0.15, 0.2) is 12.1 Å². The Morgan fingerprint density at radius 1 is 1.47 bits per heavy atom. The summed E-state index contributed by atoms with van der Waals surface area (Å²) < 4.78 is 35.5. The number of hydrogen-bond donors (Lipinski definition) is 1. The minimum absolute atomic E-state index is 0.0290. The minimum atomic E-state index is -4.51. The number of hydroxylamine groups is 1. The van der Waals surface area contributed by atoms with E-state index in [4.69, 9.17) is 11.6 Å². The van der Waals surface area contributed by atoms with E-state index in [0.29, 0.717) is 5.69 Å². The second kappa shape index (κ2) is 6.21. The van der Waals surface area contributed by atoms with Gasteiger partial charge < -0.3 is 0 Å². The largest absolute Gasteiger partial charge is 0.414 e. The van der Waals surface area contributed by atoms with Gasteiger partial charge in [-0.3, -0.25) is 9.63 Å². The molecule has 1 aromatic heterocycles. The summed E-state index contributed by atoms with van der Waals surface area (Å²) in [6, 6.07) is 2.70. The van der Waals surface area contributed by atoms with Crippen molar-refractivity contribution in [1.29, 1.82) is 0 Å². The fourth-order valence-electron chi connectivity index (χ4n) is 1.19. The molecule has 0 radical (unpaired) electrons. The van der Waals surface area contributed by atoms with Gasteiger partial charge in [0.15, 0.2) is 6.61 Å². The molecule has 0 fully saturated rings. The topological polar surface area (TPSA) is 51.2 Å². The minimum Gasteiger partial charge on any atom is -0.267 e. The predicted octanol–water partition coefficient (Wildman–Crippen LogP) is 3.08. The van der Waals surface area contributed by atoms with Gasteiger partial charge in [-0.1, -0.05) is 25.4 Å². The molecule has 0 aromatic carbocycles. The van der Waals surface area contributed by atoms with Crippen LogP contribution in [0.4, 0.5) is 13.2 Å². The molecule has 1 rings (SSSR count). The van der Waals surface area contributed by atoms with Crippen molar-refractivity contribution < 1.29 is 22.8 Å². The average molecular weight is 297 g/mol. The van der Waals surface area contributed by atoms with Crippen molar-refractivity contribution in [2.45, 2.75) is 25.9 Å². The highest BCUT2D eigenvalue weighted by Crippen LogP contribution is 2.18. The molecule has 0 aliphatic heterocycles. The Kier molecular flexibility index (Phi) is 5.13. The summed E-state index contributed by atoms with van der Waals surface area (Å²) in [7, 11) is 0. The molecule has 8 heteroatoms. The van der Waals surface area contributed by atoms with E-state index in [-0.39, 0.29) is 16.6 Å². The van der Waals surface area contributed by atoms with E-state index in [1.807, 2.05) is 13.8 Å². The van der Waals surface area contributed by atoms with Crippen LogP contribution in [0, 0.1) is 0 Å². The number of carbonyl (C=O) groups excluding carboxylic acids is 1. The van der Waals surface area contributed by atoms with Crippen LogP contribution >= 0.6 is 11.6 Å². The third kappa shape index (κ3) is 5.44. The van der Waals surface area contributed by atoms with Gasteiger partial charge in [-0.2, -0.15) is 13.2 Å². The van der Waals surface area contributed by atoms with Gasteiger partial charge in [-0.15, -0.1) is 0 Å². The van der Waals surface area contributed by atoms with E-state index < -0.39 is 18.7 Å². The zero-order valence-electron chi connectivity index (χ0n) is 10.2. The summed E-state index contributed by atoms with van der Waals surface area (Å²) in [6.45, 7) is 2.13. The summed E-state index contributed by atoms with van der Waals surface area (Å²) in [6.07, 6.45) is -4.51. The monoisotopic (exact) mass is 296 g/mol. The van der Waals surface area contributed by atoms with E-state index in [1.165, 1.54) is 12.1 Å². The molecule has 1 N–H and O–H groups in total. The van der Waals surface area contributed by atoms with Crippen LogP contribution in [-0.2, 0) is 4.84 Å². The number of hydrogen-bond acceptors (Lipinski definition) is 3. The maximum atomic E-state index is 11.8. The first kappa shape index (κ1) is 15.7. The molecule has 1 aromatic rings. The summed E-state index contributed by atoms with van der Waals surface area (Å²) in [5, 5.41) is 0.0900. The Hall–Kier alpha value is -1.34. The molecule has 1 amide bonds. The van der Waals surface area contributed by atoms with Gasteiger partial charge in [0.05, 0.1) is 0 Å². The fraction of sp³-hybridized carbons (Fsp3) is 0.455.